The Morgan fingerprint density at radius 1 is 1.37 bits per heavy atom. The van der Waals surface area contributed by atoms with Crippen molar-refractivity contribution >= 4 is 21.6 Å². The number of nitrogens with one attached hydrogen (secondary N) is 2. The molecule has 1 atom stereocenters. The van der Waals surface area contributed by atoms with Crippen LogP contribution in [-0.4, -0.2) is 40.8 Å². The maximum absolute atomic E-state index is 11.9. The van der Waals surface area contributed by atoms with Gasteiger partial charge in [-0.1, -0.05) is 23.7 Å². The second-order valence-electron chi connectivity index (χ2n) is 4.43. The number of halogens is 1. The molecule has 1 aromatic carbocycles. The fourth-order valence-electron chi connectivity index (χ4n) is 1.82. The minimum atomic E-state index is -3.35. The standard InChI is InChI=1S/C12H17ClN2O3S/c13-11-3-1-10(2-4-11)9-19(16,17)15-8-12-7-14-5-6-18-12/h1-4,12,14-15H,5-9H2/t12-/m1/s1. The normalized spacial score (nSPS) is 20.4. The molecule has 0 radical (unpaired) electrons. The van der Waals surface area contributed by atoms with E-state index in [1.54, 1.807) is 24.3 Å². The quantitative estimate of drug-likeness (QED) is 0.842. The number of hydrogen-bond donors (Lipinski definition) is 2. The predicted octanol–water partition coefficient (Wildman–Crippen LogP) is 0.748. The molecule has 1 aromatic rings. The molecule has 0 amide bonds. The third kappa shape index (κ3) is 5.08. The summed E-state index contributed by atoms with van der Waals surface area (Å²) in [5.41, 5.74) is 0.708. The van der Waals surface area contributed by atoms with Gasteiger partial charge in [0.2, 0.25) is 10.0 Å². The van der Waals surface area contributed by atoms with E-state index in [0.29, 0.717) is 30.3 Å². The van der Waals surface area contributed by atoms with Crippen LogP contribution < -0.4 is 10.0 Å². The van der Waals surface area contributed by atoms with Crippen LogP contribution in [0.25, 0.3) is 0 Å². The van der Waals surface area contributed by atoms with E-state index in [0.717, 1.165) is 6.54 Å². The summed E-state index contributed by atoms with van der Waals surface area (Å²) in [4.78, 5) is 0. The number of hydrogen-bond acceptors (Lipinski definition) is 4. The molecule has 2 N–H and O–H groups in total. The summed E-state index contributed by atoms with van der Waals surface area (Å²) in [5, 5.41) is 3.75. The molecule has 106 valence electrons. The third-order valence-corrected chi connectivity index (χ3v) is 4.38. The van der Waals surface area contributed by atoms with Crippen LogP contribution in [0.1, 0.15) is 5.56 Å². The molecule has 0 saturated carbocycles. The first-order valence-electron chi connectivity index (χ1n) is 6.09. The van der Waals surface area contributed by atoms with E-state index in [-0.39, 0.29) is 11.9 Å². The Bertz CT molecular complexity index is 498. The van der Waals surface area contributed by atoms with Gasteiger partial charge < -0.3 is 10.1 Å². The minimum absolute atomic E-state index is 0.0513. The maximum Gasteiger partial charge on any atom is 0.215 e. The Morgan fingerprint density at radius 3 is 2.74 bits per heavy atom. The van der Waals surface area contributed by atoms with E-state index in [1.165, 1.54) is 0 Å². The van der Waals surface area contributed by atoms with Crippen molar-refractivity contribution in [2.75, 3.05) is 26.2 Å². The Hall–Kier alpha value is -0.660. The van der Waals surface area contributed by atoms with Crippen molar-refractivity contribution in [3.05, 3.63) is 34.9 Å². The fourth-order valence-corrected chi connectivity index (χ4v) is 3.12. The number of benzene rings is 1. The topological polar surface area (TPSA) is 67.4 Å². The lowest BCUT2D eigenvalue weighted by Crippen LogP contribution is -2.45. The zero-order valence-electron chi connectivity index (χ0n) is 10.4. The lowest BCUT2D eigenvalue weighted by atomic mass is 10.2. The number of rotatable bonds is 5. The van der Waals surface area contributed by atoms with Gasteiger partial charge in [0.25, 0.3) is 0 Å². The van der Waals surface area contributed by atoms with Crippen LogP contribution in [0.4, 0.5) is 0 Å². The summed E-state index contributed by atoms with van der Waals surface area (Å²) in [7, 11) is -3.35. The first-order valence-corrected chi connectivity index (χ1v) is 8.12. The Labute approximate surface area is 118 Å². The molecule has 0 unspecified atom stereocenters. The molecule has 0 aromatic heterocycles. The Balaban J connectivity index is 1.85. The highest BCUT2D eigenvalue weighted by atomic mass is 35.5. The SMILES string of the molecule is O=S(=O)(Cc1ccc(Cl)cc1)NC[C@H]1CNCCO1. The highest BCUT2D eigenvalue weighted by Crippen LogP contribution is 2.11. The van der Waals surface area contributed by atoms with Crippen LogP contribution in [0, 0.1) is 0 Å². The van der Waals surface area contributed by atoms with Gasteiger partial charge in [-0.2, -0.15) is 0 Å². The Morgan fingerprint density at radius 2 is 2.11 bits per heavy atom. The maximum atomic E-state index is 11.9. The van der Waals surface area contributed by atoms with Crippen LogP contribution in [-0.2, 0) is 20.5 Å². The molecule has 1 aliphatic rings. The van der Waals surface area contributed by atoms with E-state index in [4.69, 9.17) is 16.3 Å². The Kier molecular flexibility index (Phi) is 5.18. The molecule has 1 fully saturated rings. The summed E-state index contributed by atoms with van der Waals surface area (Å²) in [6.07, 6.45) is -0.103. The summed E-state index contributed by atoms with van der Waals surface area (Å²) < 4.78 is 31.8. The van der Waals surface area contributed by atoms with E-state index in [1.807, 2.05) is 0 Å². The molecule has 0 bridgehead atoms. The van der Waals surface area contributed by atoms with Crippen LogP contribution in [0.5, 0.6) is 0 Å². The number of ether oxygens (including phenoxy) is 1. The highest BCUT2D eigenvalue weighted by Gasteiger charge is 2.17. The van der Waals surface area contributed by atoms with Gasteiger partial charge in [-0.3, -0.25) is 0 Å². The molecule has 1 aliphatic heterocycles. The summed E-state index contributed by atoms with van der Waals surface area (Å²) in [5.74, 6) is -0.0513. The van der Waals surface area contributed by atoms with Gasteiger partial charge in [0, 0.05) is 24.7 Å². The van der Waals surface area contributed by atoms with E-state index < -0.39 is 10.0 Å². The van der Waals surface area contributed by atoms with Crippen LogP contribution in [0.3, 0.4) is 0 Å². The molecule has 1 heterocycles. The first kappa shape index (κ1) is 14.7. The zero-order chi connectivity index (χ0) is 13.7. The van der Waals surface area contributed by atoms with Crippen molar-refractivity contribution in [1.29, 1.82) is 0 Å². The molecular formula is C12H17ClN2O3S. The molecule has 19 heavy (non-hydrogen) atoms. The van der Waals surface area contributed by atoms with Crippen molar-refractivity contribution in [3.8, 4) is 0 Å². The summed E-state index contributed by atoms with van der Waals surface area (Å²) in [6, 6.07) is 6.78. The smallest absolute Gasteiger partial charge is 0.215 e. The molecular weight excluding hydrogens is 288 g/mol. The molecule has 2 rings (SSSR count). The van der Waals surface area contributed by atoms with Crippen LogP contribution in [0.15, 0.2) is 24.3 Å². The number of morpholine rings is 1. The molecule has 0 aliphatic carbocycles. The molecule has 7 heteroatoms. The second kappa shape index (κ2) is 6.67. The number of sulfonamides is 1. The van der Waals surface area contributed by atoms with Gasteiger partial charge in [0.1, 0.15) is 0 Å². The summed E-state index contributed by atoms with van der Waals surface area (Å²) >= 11 is 5.76. The minimum Gasteiger partial charge on any atom is -0.374 e. The van der Waals surface area contributed by atoms with Gasteiger partial charge in [-0.25, -0.2) is 13.1 Å². The first-order chi connectivity index (χ1) is 9.05. The van der Waals surface area contributed by atoms with Crippen LogP contribution in [0.2, 0.25) is 5.02 Å². The molecule has 0 spiro atoms. The average molecular weight is 305 g/mol. The highest BCUT2D eigenvalue weighted by molar-refractivity contribution is 7.88. The third-order valence-electron chi connectivity index (χ3n) is 2.81. The van der Waals surface area contributed by atoms with Crippen molar-refractivity contribution < 1.29 is 13.2 Å². The van der Waals surface area contributed by atoms with Gasteiger partial charge in [-0.05, 0) is 17.7 Å². The van der Waals surface area contributed by atoms with E-state index in [2.05, 4.69) is 10.0 Å². The lowest BCUT2D eigenvalue weighted by molar-refractivity contribution is 0.0324. The largest absolute Gasteiger partial charge is 0.374 e. The van der Waals surface area contributed by atoms with E-state index in [9.17, 15) is 8.42 Å². The molecule has 5 nitrogen and oxygen atoms in total. The lowest BCUT2D eigenvalue weighted by Gasteiger charge is -2.23. The second-order valence-corrected chi connectivity index (χ2v) is 6.67. The monoisotopic (exact) mass is 304 g/mol. The zero-order valence-corrected chi connectivity index (χ0v) is 12.0. The van der Waals surface area contributed by atoms with Crippen LogP contribution >= 0.6 is 11.6 Å². The van der Waals surface area contributed by atoms with Gasteiger partial charge in [0.15, 0.2) is 0 Å². The van der Waals surface area contributed by atoms with Gasteiger partial charge in [-0.15, -0.1) is 0 Å². The summed E-state index contributed by atoms with van der Waals surface area (Å²) in [6.45, 7) is 2.39. The van der Waals surface area contributed by atoms with Crippen molar-refractivity contribution in [1.82, 2.24) is 10.0 Å². The van der Waals surface area contributed by atoms with Gasteiger partial charge in [0.05, 0.1) is 18.5 Å². The predicted molar refractivity (Wildman–Crippen MR) is 74.7 cm³/mol. The van der Waals surface area contributed by atoms with Gasteiger partial charge >= 0.3 is 0 Å². The fraction of sp³-hybridized carbons (Fsp3) is 0.500. The molecule has 1 saturated heterocycles. The van der Waals surface area contributed by atoms with Crippen molar-refractivity contribution in [2.24, 2.45) is 0 Å². The average Bonchev–Trinajstić information content (AvgIpc) is 2.40. The van der Waals surface area contributed by atoms with Crippen molar-refractivity contribution in [3.63, 3.8) is 0 Å². The van der Waals surface area contributed by atoms with E-state index >= 15 is 0 Å². The van der Waals surface area contributed by atoms with Crippen molar-refractivity contribution in [2.45, 2.75) is 11.9 Å².